The summed E-state index contributed by atoms with van der Waals surface area (Å²) in [5.74, 6) is 0.881. The van der Waals surface area contributed by atoms with Crippen LogP contribution in [0.3, 0.4) is 0 Å². The van der Waals surface area contributed by atoms with Crippen molar-refractivity contribution in [2.75, 3.05) is 19.8 Å². The highest BCUT2D eigenvalue weighted by Crippen LogP contribution is 2.30. The predicted molar refractivity (Wildman–Crippen MR) is 92.8 cm³/mol. The number of hydrogen-bond acceptors (Lipinski definition) is 4. The molecule has 1 aliphatic rings. The second kappa shape index (κ2) is 7.70. The van der Waals surface area contributed by atoms with Gasteiger partial charge in [0.1, 0.15) is 13.2 Å². The second-order valence-corrected chi connectivity index (χ2v) is 5.81. The number of amides is 2. The monoisotopic (exact) mass is 340 g/mol. The molecular weight excluding hydrogens is 320 g/mol. The van der Waals surface area contributed by atoms with Crippen LogP contribution in [0.4, 0.5) is 0 Å². The molecule has 0 unspecified atom stereocenters. The number of ether oxygens (including phenoxy) is 2. The fraction of sp³-hybridized carbons (Fsp3) is 0.263. The summed E-state index contributed by atoms with van der Waals surface area (Å²) in [5, 5.41) is 5.39. The first-order valence-corrected chi connectivity index (χ1v) is 8.12. The standard InChI is InChI=1S/C19H20N2O4/c1-13-3-2-4-15(9-13)19(23)21-12-18(22)20-11-14-5-6-16-17(10-14)25-8-7-24-16/h2-6,9-10H,7-8,11-12H2,1H3,(H,20,22)(H,21,23). The molecule has 0 atom stereocenters. The van der Waals surface area contributed by atoms with Crippen LogP contribution < -0.4 is 20.1 Å². The van der Waals surface area contributed by atoms with Crippen molar-refractivity contribution < 1.29 is 19.1 Å². The van der Waals surface area contributed by atoms with E-state index in [0.29, 0.717) is 36.8 Å². The first-order chi connectivity index (χ1) is 12.1. The molecule has 0 aliphatic carbocycles. The van der Waals surface area contributed by atoms with Gasteiger partial charge in [0.05, 0.1) is 6.54 Å². The normalized spacial score (nSPS) is 12.4. The molecule has 0 spiro atoms. The second-order valence-electron chi connectivity index (χ2n) is 5.81. The molecule has 25 heavy (non-hydrogen) atoms. The number of carbonyl (C=O) groups is 2. The van der Waals surface area contributed by atoms with Gasteiger partial charge in [-0.1, -0.05) is 23.8 Å². The summed E-state index contributed by atoms with van der Waals surface area (Å²) in [6.45, 7) is 3.27. The molecule has 0 bridgehead atoms. The smallest absolute Gasteiger partial charge is 0.251 e. The Kier molecular flexibility index (Phi) is 5.18. The van der Waals surface area contributed by atoms with E-state index < -0.39 is 0 Å². The Morgan fingerprint density at radius 1 is 1.00 bits per heavy atom. The Labute approximate surface area is 146 Å². The maximum absolute atomic E-state index is 12.0. The summed E-state index contributed by atoms with van der Waals surface area (Å²) in [5.41, 5.74) is 2.44. The zero-order valence-corrected chi connectivity index (χ0v) is 14.0. The average molecular weight is 340 g/mol. The van der Waals surface area contributed by atoms with Gasteiger partial charge in [-0.25, -0.2) is 0 Å². The third-order valence-corrected chi connectivity index (χ3v) is 3.79. The van der Waals surface area contributed by atoms with Gasteiger partial charge in [-0.05, 0) is 36.8 Å². The van der Waals surface area contributed by atoms with Crippen LogP contribution in [0.1, 0.15) is 21.5 Å². The van der Waals surface area contributed by atoms with E-state index in [1.807, 2.05) is 37.3 Å². The van der Waals surface area contributed by atoms with Crippen LogP contribution in [0.15, 0.2) is 42.5 Å². The molecule has 0 fully saturated rings. The van der Waals surface area contributed by atoms with Crippen molar-refractivity contribution in [2.45, 2.75) is 13.5 Å². The van der Waals surface area contributed by atoms with Crippen molar-refractivity contribution >= 4 is 11.8 Å². The van der Waals surface area contributed by atoms with Gasteiger partial charge in [0.2, 0.25) is 5.91 Å². The van der Waals surface area contributed by atoms with E-state index in [1.165, 1.54) is 0 Å². The fourth-order valence-corrected chi connectivity index (χ4v) is 2.51. The van der Waals surface area contributed by atoms with E-state index in [1.54, 1.807) is 12.1 Å². The predicted octanol–water partition coefficient (Wildman–Crippen LogP) is 1.81. The third-order valence-electron chi connectivity index (χ3n) is 3.79. The molecule has 2 aromatic carbocycles. The van der Waals surface area contributed by atoms with Crippen LogP contribution in [-0.4, -0.2) is 31.6 Å². The van der Waals surface area contributed by atoms with Crippen molar-refractivity contribution in [1.29, 1.82) is 0 Å². The number of aryl methyl sites for hydroxylation is 1. The van der Waals surface area contributed by atoms with Gasteiger partial charge in [0, 0.05) is 12.1 Å². The number of fused-ring (bicyclic) bond motifs is 1. The molecule has 0 radical (unpaired) electrons. The number of rotatable bonds is 5. The minimum atomic E-state index is -0.266. The summed E-state index contributed by atoms with van der Waals surface area (Å²) < 4.78 is 11.0. The van der Waals surface area contributed by atoms with Gasteiger partial charge >= 0.3 is 0 Å². The number of hydrogen-bond donors (Lipinski definition) is 2. The van der Waals surface area contributed by atoms with Gasteiger partial charge in [0.25, 0.3) is 5.91 Å². The quantitative estimate of drug-likeness (QED) is 0.870. The van der Waals surface area contributed by atoms with E-state index in [2.05, 4.69) is 10.6 Å². The number of carbonyl (C=O) groups excluding carboxylic acids is 2. The molecule has 2 amide bonds. The molecular formula is C19H20N2O4. The minimum absolute atomic E-state index is 0.0721. The van der Waals surface area contributed by atoms with E-state index in [4.69, 9.17) is 9.47 Å². The highest BCUT2D eigenvalue weighted by Gasteiger charge is 2.12. The van der Waals surface area contributed by atoms with Crippen molar-refractivity contribution in [3.05, 3.63) is 59.2 Å². The lowest BCUT2D eigenvalue weighted by atomic mass is 10.1. The van der Waals surface area contributed by atoms with Gasteiger partial charge < -0.3 is 20.1 Å². The molecule has 6 nitrogen and oxygen atoms in total. The van der Waals surface area contributed by atoms with E-state index >= 15 is 0 Å². The van der Waals surface area contributed by atoms with Gasteiger partial charge in [0.15, 0.2) is 11.5 Å². The van der Waals surface area contributed by atoms with Crippen LogP contribution in [-0.2, 0) is 11.3 Å². The summed E-state index contributed by atoms with van der Waals surface area (Å²) in [6, 6.07) is 12.8. The number of benzene rings is 2. The van der Waals surface area contributed by atoms with Crippen molar-refractivity contribution in [1.82, 2.24) is 10.6 Å². The molecule has 1 heterocycles. The zero-order chi connectivity index (χ0) is 17.6. The SMILES string of the molecule is Cc1cccc(C(=O)NCC(=O)NCc2ccc3c(c2)OCCO3)c1. The lowest BCUT2D eigenvalue weighted by molar-refractivity contribution is -0.120. The largest absolute Gasteiger partial charge is 0.486 e. The lowest BCUT2D eigenvalue weighted by Crippen LogP contribution is -2.36. The maximum atomic E-state index is 12.0. The van der Waals surface area contributed by atoms with Crippen molar-refractivity contribution in [3.63, 3.8) is 0 Å². The minimum Gasteiger partial charge on any atom is -0.486 e. The molecule has 3 rings (SSSR count). The molecule has 1 aliphatic heterocycles. The van der Waals surface area contributed by atoms with Crippen molar-refractivity contribution in [2.24, 2.45) is 0 Å². The maximum Gasteiger partial charge on any atom is 0.251 e. The van der Waals surface area contributed by atoms with Crippen LogP contribution in [0.25, 0.3) is 0 Å². The van der Waals surface area contributed by atoms with Crippen LogP contribution in [0.5, 0.6) is 11.5 Å². The van der Waals surface area contributed by atoms with E-state index in [0.717, 1.165) is 11.1 Å². The van der Waals surface area contributed by atoms with E-state index in [9.17, 15) is 9.59 Å². The Balaban J connectivity index is 1.47. The topological polar surface area (TPSA) is 76.7 Å². The molecule has 0 aromatic heterocycles. The molecule has 0 saturated carbocycles. The molecule has 130 valence electrons. The van der Waals surface area contributed by atoms with Crippen LogP contribution in [0.2, 0.25) is 0 Å². The van der Waals surface area contributed by atoms with Gasteiger partial charge in [-0.3, -0.25) is 9.59 Å². The number of nitrogens with one attached hydrogen (secondary N) is 2. The van der Waals surface area contributed by atoms with Gasteiger partial charge in [-0.2, -0.15) is 0 Å². The Hall–Kier alpha value is -3.02. The summed E-state index contributed by atoms with van der Waals surface area (Å²) in [6.07, 6.45) is 0. The van der Waals surface area contributed by atoms with Gasteiger partial charge in [-0.15, -0.1) is 0 Å². The Morgan fingerprint density at radius 3 is 2.60 bits per heavy atom. The zero-order valence-electron chi connectivity index (χ0n) is 14.0. The Morgan fingerprint density at radius 2 is 1.80 bits per heavy atom. The van der Waals surface area contributed by atoms with Crippen molar-refractivity contribution in [3.8, 4) is 11.5 Å². The summed E-state index contributed by atoms with van der Waals surface area (Å²) in [4.78, 5) is 23.9. The van der Waals surface area contributed by atoms with Crippen LogP contribution >= 0.6 is 0 Å². The highest BCUT2D eigenvalue weighted by molar-refractivity contribution is 5.96. The lowest BCUT2D eigenvalue weighted by Gasteiger charge is -2.19. The Bertz CT molecular complexity index is 789. The first kappa shape index (κ1) is 16.8. The average Bonchev–Trinajstić information content (AvgIpc) is 2.64. The summed E-state index contributed by atoms with van der Waals surface area (Å²) in [7, 11) is 0. The van der Waals surface area contributed by atoms with Crippen LogP contribution in [0, 0.1) is 6.92 Å². The van der Waals surface area contributed by atoms with E-state index in [-0.39, 0.29) is 18.4 Å². The molecule has 2 aromatic rings. The fourth-order valence-electron chi connectivity index (χ4n) is 2.51. The summed E-state index contributed by atoms with van der Waals surface area (Å²) >= 11 is 0. The molecule has 0 saturated heterocycles. The highest BCUT2D eigenvalue weighted by atomic mass is 16.6. The first-order valence-electron chi connectivity index (χ1n) is 8.12. The molecule has 2 N–H and O–H groups in total. The molecule has 6 heteroatoms. The third kappa shape index (κ3) is 4.50.